The molecule has 0 aliphatic carbocycles. The quantitative estimate of drug-likeness (QED) is 0.574. The number of hydrogen-bond donors (Lipinski definition) is 1. The number of aromatic nitrogens is 1. The van der Waals surface area contributed by atoms with Crippen LogP contribution in [0.1, 0.15) is 27.4 Å². The van der Waals surface area contributed by atoms with Crippen molar-refractivity contribution in [3.05, 3.63) is 76.9 Å². The summed E-state index contributed by atoms with van der Waals surface area (Å²) in [4.78, 5) is 29.3. The summed E-state index contributed by atoms with van der Waals surface area (Å²) < 4.78 is 24.2. The Bertz CT molecular complexity index is 1130. The molecule has 0 bridgehead atoms. The van der Waals surface area contributed by atoms with Gasteiger partial charge in [-0.2, -0.15) is 0 Å². The zero-order valence-electron chi connectivity index (χ0n) is 19.2. The van der Waals surface area contributed by atoms with Crippen molar-refractivity contribution in [1.82, 2.24) is 15.0 Å². The molecule has 0 unspecified atom stereocenters. The minimum Gasteiger partial charge on any atom is -0.488 e. The Kier molecular flexibility index (Phi) is 7.22. The van der Waals surface area contributed by atoms with Crippen LogP contribution in [-0.2, 0) is 11.4 Å². The molecule has 1 aliphatic rings. The highest BCUT2D eigenvalue weighted by Gasteiger charge is 2.25. The number of hydrogen-bond acceptors (Lipinski definition) is 6. The van der Waals surface area contributed by atoms with E-state index in [1.54, 1.807) is 17.0 Å². The van der Waals surface area contributed by atoms with E-state index in [1.165, 1.54) is 24.3 Å². The minimum absolute atomic E-state index is 0.107. The van der Waals surface area contributed by atoms with Gasteiger partial charge in [0.05, 0.1) is 23.4 Å². The summed E-state index contributed by atoms with van der Waals surface area (Å²) in [5.74, 6) is 0.568. The highest BCUT2D eigenvalue weighted by Crippen LogP contribution is 2.23. The third kappa shape index (κ3) is 5.60. The van der Waals surface area contributed by atoms with Gasteiger partial charge in [0, 0.05) is 31.9 Å². The van der Waals surface area contributed by atoms with Crippen LogP contribution in [0.3, 0.4) is 0 Å². The summed E-state index contributed by atoms with van der Waals surface area (Å²) >= 11 is 0. The van der Waals surface area contributed by atoms with Gasteiger partial charge in [0.25, 0.3) is 5.91 Å². The highest BCUT2D eigenvalue weighted by molar-refractivity contribution is 5.97. The number of nitrogens with zero attached hydrogens (tertiary/aromatic N) is 3. The maximum Gasteiger partial charge on any atom is 0.257 e. The Labute approximate surface area is 197 Å². The Balaban J connectivity index is 1.31. The number of ether oxygens (including phenoxy) is 1. The summed E-state index contributed by atoms with van der Waals surface area (Å²) in [6, 6.07) is 12.8. The molecule has 9 heteroatoms. The lowest BCUT2D eigenvalue weighted by atomic mass is 10.1. The zero-order valence-corrected chi connectivity index (χ0v) is 19.2. The average molecular weight is 467 g/mol. The van der Waals surface area contributed by atoms with Crippen molar-refractivity contribution in [3.63, 3.8) is 0 Å². The van der Waals surface area contributed by atoms with E-state index in [9.17, 15) is 14.0 Å². The van der Waals surface area contributed by atoms with Crippen LogP contribution in [0.2, 0.25) is 0 Å². The Morgan fingerprint density at radius 3 is 2.44 bits per heavy atom. The lowest BCUT2D eigenvalue weighted by molar-refractivity contribution is -0.117. The van der Waals surface area contributed by atoms with Crippen LogP contribution in [0.25, 0.3) is 0 Å². The number of piperazine rings is 1. The first-order chi connectivity index (χ1) is 16.4. The van der Waals surface area contributed by atoms with E-state index in [0.717, 1.165) is 11.3 Å². The number of carbonyl (C=O) groups excluding carboxylic acids is 2. The molecule has 4 rings (SSSR count). The Morgan fingerprint density at radius 1 is 1.06 bits per heavy atom. The van der Waals surface area contributed by atoms with Crippen LogP contribution in [-0.4, -0.2) is 59.5 Å². The van der Waals surface area contributed by atoms with E-state index in [4.69, 9.17) is 9.26 Å². The number of halogens is 1. The number of rotatable bonds is 7. The molecule has 1 aromatic heterocycles. The smallest absolute Gasteiger partial charge is 0.257 e. The zero-order chi connectivity index (χ0) is 24.1. The van der Waals surface area contributed by atoms with Gasteiger partial charge >= 0.3 is 0 Å². The van der Waals surface area contributed by atoms with Crippen molar-refractivity contribution in [3.8, 4) is 5.75 Å². The van der Waals surface area contributed by atoms with E-state index in [-0.39, 0.29) is 30.8 Å². The van der Waals surface area contributed by atoms with Gasteiger partial charge < -0.3 is 19.5 Å². The second kappa shape index (κ2) is 10.5. The molecule has 0 spiro atoms. The Hall–Kier alpha value is -3.72. The predicted octanol–water partition coefficient (Wildman–Crippen LogP) is 3.41. The predicted molar refractivity (Wildman–Crippen MR) is 124 cm³/mol. The van der Waals surface area contributed by atoms with E-state index < -0.39 is 0 Å². The fourth-order valence-corrected chi connectivity index (χ4v) is 3.84. The van der Waals surface area contributed by atoms with Crippen LogP contribution in [0.4, 0.5) is 10.1 Å². The number of nitrogens with one attached hydrogen (secondary N) is 1. The largest absolute Gasteiger partial charge is 0.488 e. The molecule has 2 heterocycles. The Morgan fingerprint density at radius 2 is 1.76 bits per heavy atom. The van der Waals surface area contributed by atoms with E-state index in [0.29, 0.717) is 48.9 Å². The van der Waals surface area contributed by atoms with Crippen molar-refractivity contribution < 1.29 is 23.2 Å². The second-order valence-electron chi connectivity index (χ2n) is 8.21. The third-order valence-electron chi connectivity index (χ3n) is 5.83. The normalized spacial score (nSPS) is 14.1. The van der Waals surface area contributed by atoms with E-state index in [1.807, 2.05) is 30.9 Å². The first-order valence-corrected chi connectivity index (χ1v) is 11.1. The summed E-state index contributed by atoms with van der Waals surface area (Å²) in [5.41, 5.74) is 2.68. The van der Waals surface area contributed by atoms with Crippen molar-refractivity contribution in [2.45, 2.75) is 20.5 Å². The van der Waals surface area contributed by atoms with Crippen LogP contribution >= 0.6 is 0 Å². The molecule has 2 aromatic carbocycles. The van der Waals surface area contributed by atoms with Gasteiger partial charge in [-0.25, -0.2) is 4.39 Å². The first-order valence-electron chi connectivity index (χ1n) is 11.1. The standard InChI is InChI=1S/C25H27FN4O4/c1-17-22(18(2)34-28-17)16-33-23-6-4-3-5-21(23)25(32)30-13-11-29(12-14-30)15-24(31)27-20-9-7-19(26)8-10-20/h3-10H,11-16H2,1-2H3,(H,27,31). The van der Waals surface area contributed by atoms with Crippen LogP contribution in [0.5, 0.6) is 5.75 Å². The van der Waals surface area contributed by atoms with Gasteiger partial charge in [-0.15, -0.1) is 0 Å². The molecule has 2 amide bonds. The molecule has 1 fully saturated rings. The number of amides is 2. The lowest BCUT2D eigenvalue weighted by Gasteiger charge is -2.34. The molecule has 0 radical (unpaired) electrons. The van der Waals surface area contributed by atoms with Gasteiger partial charge in [-0.1, -0.05) is 17.3 Å². The fraction of sp³-hybridized carbons (Fsp3) is 0.320. The molecule has 1 saturated heterocycles. The summed E-state index contributed by atoms with van der Waals surface area (Å²) in [5, 5.41) is 6.70. The number of para-hydroxylation sites is 1. The molecular weight excluding hydrogens is 439 g/mol. The number of carbonyl (C=O) groups is 2. The molecule has 3 aromatic rings. The number of aryl methyl sites for hydroxylation is 2. The van der Waals surface area contributed by atoms with Crippen molar-refractivity contribution >= 4 is 17.5 Å². The van der Waals surface area contributed by atoms with Crippen molar-refractivity contribution in [1.29, 1.82) is 0 Å². The van der Waals surface area contributed by atoms with Crippen molar-refractivity contribution in [2.75, 3.05) is 38.0 Å². The van der Waals surface area contributed by atoms with Gasteiger partial charge in [0.1, 0.15) is 23.9 Å². The first kappa shape index (κ1) is 23.4. The third-order valence-corrected chi connectivity index (χ3v) is 5.83. The van der Waals surface area contributed by atoms with Crippen LogP contribution < -0.4 is 10.1 Å². The molecule has 0 atom stereocenters. The molecule has 1 aliphatic heterocycles. The molecule has 178 valence electrons. The van der Waals surface area contributed by atoms with Gasteiger partial charge in [-0.05, 0) is 50.2 Å². The molecular formula is C25H27FN4O4. The number of benzene rings is 2. The summed E-state index contributed by atoms with van der Waals surface area (Å²) in [6.07, 6.45) is 0. The molecule has 0 saturated carbocycles. The van der Waals surface area contributed by atoms with E-state index >= 15 is 0 Å². The topological polar surface area (TPSA) is 87.9 Å². The van der Waals surface area contributed by atoms with Gasteiger partial charge in [0.2, 0.25) is 5.91 Å². The highest BCUT2D eigenvalue weighted by atomic mass is 19.1. The maximum absolute atomic E-state index is 13.2. The molecule has 8 nitrogen and oxygen atoms in total. The molecule has 34 heavy (non-hydrogen) atoms. The van der Waals surface area contributed by atoms with Crippen molar-refractivity contribution in [2.24, 2.45) is 0 Å². The number of anilines is 1. The SMILES string of the molecule is Cc1noc(C)c1COc1ccccc1C(=O)N1CCN(CC(=O)Nc2ccc(F)cc2)CC1. The average Bonchev–Trinajstić information content (AvgIpc) is 3.16. The minimum atomic E-state index is -0.352. The van der Waals surface area contributed by atoms with Gasteiger partial charge in [0.15, 0.2) is 0 Å². The van der Waals surface area contributed by atoms with E-state index in [2.05, 4.69) is 10.5 Å². The fourth-order valence-electron chi connectivity index (χ4n) is 3.84. The summed E-state index contributed by atoms with van der Waals surface area (Å²) in [6.45, 7) is 6.30. The second-order valence-corrected chi connectivity index (χ2v) is 8.21. The lowest BCUT2D eigenvalue weighted by Crippen LogP contribution is -2.50. The molecule has 1 N–H and O–H groups in total. The summed E-state index contributed by atoms with van der Waals surface area (Å²) in [7, 11) is 0. The van der Waals surface area contributed by atoms with Crippen LogP contribution in [0.15, 0.2) is 53.1 Å². The van der Waals surface area contributed by atoms with Gasteiger partial charge in [-0.3, -0.25) is 14.5 Å². The van der Waals surface area contributed by atoms with Crippen LogP contribution in [0, 0.1) is 19.7 Å². The monoisotopic (exact) mass is 466 g/mol. The maximum atomic E-state index is 13.2.